The van der Waals surface area contributed by atoms with Gasteiger partial charge in [0, 0.05) is 10.6 Å². The van der Waals surface area contributed by atoms with Gasteiger partial charge in [-0.1, -0.05) is 29.8 Å². The molecule has 0 unspecified atom stereocenters. The van der Waals surface area contributed by atoms with Gasteiger partial charge in [0.15, 0.2) is 0 Å². The molecule has 17 heavy (non-hydrogen) atoms. The molecule has 0 aliphatic heterocycles. The van der Waals surface area contributed by atoms with Gasteiger partial charge in [-0.3, -0.25) is 0 Å². The van der Waals surface area contributed by atoms with Crippen molar-refractivity contribution >= 4 is 11.6 Å². The number of ether oxygens (including phenoxy) is 1. The van der Waals surface area contributed by atoms with E-state index in [2.05, 4.69) is 6.07 Å². The first-order valence-electron chi connectivity index (χ1n) is 5.18. The third-order valence-corrected chi connectivity index (χ3v) is 2.50. The molecule has 0 bridgehead atoms. The van der Waals surface area contributed by atoms with E-state index in [0.29, 0.717) is 10.8 Å². The summed E-state index contributed by atoms with van der Waals surface area (Å²) in [6.45, 7) is 0. The van der Waals surface area contributed by atoms with E-state index in [1.54, 1.807) is 18.2 Å². The highest BCUT2D eigenvalue weighted by Crippen LogP contribution is 2.27. The molecule has 0 amide bonds. The molecule has 3 heteroatoms. The van der Waals surface area contributed by atoms with Gasteiger partial charge in [0.1, 0.15) is 11.5 Å². The van der Waals surface area contributed by atoms with Crippen LogP contribution in [-0.2, 0) is 6.42 Å². The zero-order valence-electron chi connectivity index (χ0n) is 9.06. The summed E-state index contributed by atoms with van der Waals surface area (Å²) in [5.74, 6) is 1.41. The number of nitriles is 1. The molecule has 0 saturated carbocycles. The monoisotopic (exact) mass is 243 g/mol. The number of hydrogen-bond acceptors (Lipinski definition) is 2. The van der Waals surface area contributed by atoms with Crippen molar-refractivity contribution in [3.05, 3.63) is 59.1 Å². The molecular formula is C14H10ClNO. The highest BCUT2D eigenvalue weighted by Gasteiger charge is 2.05. The summed E-state index contributed by atoms with van der Waals surface area (Å²) in [7, 11) is 0. The molecule has 84 valence electrons. The Morgan fingerprint density at radius 3 is 2.59 bits per heavy atom. The Morgan fingerprint density at radius 2 is 1.88 bits per heavy atom. The number of para-hydroxylation sites is 1. The van der Waals surface area contributed by atoms with Crippen LogP contribution < -0.4 is 4.74 Å². The summed E-state index contributed by atoms with van der Waals surface area (Å²) in [4.78, 5) is 0. The first-order valence-corrected chi connectivity index (χ1v) is 5.55. The largest absolute Gasteiger partial charge is 0.457 e. The van der Waals surface area contributed by atoms with Crippen LogP contribution in [-0.4, -0.2) is 0 Å². The molecule has 0 spiro atoms. The van der Waals surface area contributed by atoms with Crippen molar-refractivity contribution in [2.75, 3.05) is 0 Å². The Labute approximate surface area is 105 Å². The van der Waals surface area contributed by atoms with Crippen molar-refractivity contribution in [2.24, 2.45) is 0 Å². The second kappa shape index (κ2) is 5.38. The fraction of sp³-hybridized carbons (Fsp3) is 0.0714. The summed E-state index contributed by atoms with van der Waals surface area (Å²) >= 11 is 5.89. The first-order chi connectivity index (χ1) is 8.29. The number of nitrogens with zero attached hydrogens (tertiary/aromatic N) is 1. The number of hydrogen-bond donors (Lipinski definition) is 0. The summed E-state index contributed by atoms with van der Waals surface area (Å²) in [6, 6.07) is 16.8. The lowest BCUT2D eigenvalue weighted by Gasteiger charge is -2.09. The molecule has 0 aliphatic carbocycles. The van der Waals surface area contributed by atoms with Gasteiger partial charge < -0.3 is 4.74 Å². The fourth-order valence-corrected chi connectivity index (χ4v) is 1.68. The lowest BCUT2D eigenvalue weighted by molar-refractivity contribution is 0.478. The van der Waals surface area contributed by atoms with Crippen LogP contribution in [0.15, 0.2) is 48.5 Å². The van der Waals surface area contributed by atoms with Gasteiger partial charge in [-0.15, -0.1) is 0 Å². The zero-order valence-corrected chi connectivity index (χ0v) is 9.82. The van der Waals surface area contributed by atoms with Gasteiger partial charge in [0.25, 0.3) is 0 Å². The topological polar surface area (TPSA) is 33.0 Å². The van der Waals surface area contributed by atoms with Gasteiger partial charge in [0.05, 0.1) is 12.5 Å². The Hall–Kier alpha value is -1.98. The van der Waals surface area contributed by atoms with Crippen molar-refractivity contribution in [3.63, 3.8) is 0 Å². The number of halogens is 1. The fourth-order valence-electron chi connectivity index (χ4n) is 1.49. The molecule has 0 fully saturated rings. The van der Waals surface area contributed by atoms with Gasteiger partial charge in [-0.2, -0.15) is 5.26 Å². The minimum atomic E-state index is 0.280. The predicted molar refractivity (Wildman–Crippen MR) is 67.3 cm³/mol. The van der Waals surface area contributed by atoms with E-state index in [-0.39, 0.29) is 6.42 Å². The van der Waals surface area contributed by atoms with Crippen molar-refractivity contribution < 1.29 is 4.74 Å². The second-order valence-electron chi connectivity index (χ2n) is 3.50. The van der Waals surface area contributed by atoms with Crippen molar-refractivity contribution in [3.8, 4) is 17.6 Å². The molecular weight excluding hydrogens is 234 g/mol. The molecule has 2 nitrogen and oxygen atoms in total. The van der Waals surface area contributed by atoms with Crippen LogP contribution in [0.5, 0.6) is 11.5 Å². The van der Waals surface area contributed by atoms with E-state index in [9.17, 15) is 0 Å². The highest BCUT2D eigenvalue weighted by atomic mass is 35.5. The first kappa shape index (κ1) is 11.5. The van der Waals surface area contributed by atoms with Gasteiger partial charge >= 0.3 is 0 Å². The van der Waals surface area contributed by atoms with Crippen LogP contribution in [0.4, 0.5) is 0 Å². The highest BCUT2D eigenvalue weighted by molar-refractivity contribution is 6.30. The molecule has 0 atom stereocenters. The maximum atomic E-state index is 8.75. The predicted octanol–water partition coefficient (Wildman–Crippen LogP) is 4.20. The zero-order chi connectivity index (χ0) is 12.1. The Balaban J connectivity index is 2.30. The molecule has 0 N–H and O–H groups in total. The molecule has 0 saturated heterocycles. The van der Waals surface area contributed by atoms with Crippen LogP contribution in [0.2, 0.25) is 5.02 Å². The molecule has 2 aromatic carbocycles. The maximum Gasteiger partial charge on any atom is 0.131 e. The van der Waals surface area contributed by atoms with Gasteiger partial charge in [-0.25, -0.2) is 0 Å². The van der Waals surface area contributed by atoms with Gasteiger partial charge in [0.2, 0.25) is 0 Å². The van der Waals surface area contributed by atoms with Crippen LogP contribution in [0.3, 0.4) is 0 Å². The molecule has 2 aromatic rings. The van der Waals surface area contributed by atoms with Crippen molar-refractivity contribution in [1.82, 2.24) is 0 Å². The lowest BCUT2D eigenvalue weighted by atomic mass is 10.1. The quantitative estimate of drug-likeness (QED) is 0.810. The smallest absolute Gasteiger partial charge is 0.131 e. The molecule has 0 heterocycles. The van der Waals surface area contributed by atoms with Gasteiger partial charge in [-0.05, 0) is 30.3 Å². The average Bonchev–Trinajstić information content (AvgIpc) is 2.34. The van der Waals surface area contributed by atoms with E-state index in [1.165, 1.54) is 0 Å². The third-order valence-electron chi connectivity index (χ3n) is 2.26. The van der Waals surface area contributed by atoms with E-state index < -0.39 is 0 Å². The van der Waals surface area contributed by atoms with Crippen LogP contribution in [0, 0.1) is 11.3 Å². The van der Waals surface area contributed by atoms with Crippen LogP contribution >= 0.6 is 11.6 Å². The Kier molecular flexibility index (Phi) is 3.64. The standard InChI is InChI=1S/C14H10ClNO/c15-12-6-7-14(11(10-12)8-9-16)17-13-4-2-1-3-5-13/h1-7,10H,8H2. The maximum absolute atomic E-state index is 8.75. The van der Waals surface area contributed by atoms with E-state index in [0.717, 1.165) is 11.3 Å². The molecule has 0 aliphatic rings. The van der Waals surface area contributed by atoms with Crippen molar-refractivity contribution in [2.45, 2.75) is 6.42 Å². The summed E-state index contributed by atoms with van der Waals surface area (Å²) < 4.78 is 5.71. The minimum Gasteiger partial charge on any atom is -0.457 e. The van der Waals surface area contributed by atoms with E-state index in [4.69, 9.17) is 21.6 Å². The Bertz CT molecular complexity index is 546. The van der Waals surface area contributed by atoms with Crippen LogP contribution in [0.25, 0.3) is 0 Å². The Morgan fingerprint density at radius 1 is 1.12 bits per heavy atom. The molecule has 2 rings (SSSR count). The summed E-state index contributed by atoms with van der Waals surface area (Å²) in [5, 5.41) is 9.36. The van der Waals surface area contributed by atoms with Crippen molar-refractivity contribution in [1.29, 1.82) is 5.26 Å². The third kappa shape index (κ3) is 2.99. The minimum absolute atomic E-state index is 0.280. The van der Waals surface area contributed by atoms with E-state index in [1.807, 2.05) is 30.3 Å². The van der Waals surface area contributed by atoms with E-state index >= 15 is 0 Å². The second-order valence-corrected chi connectivity index (χ2v) is 3.94. The average molecular weight is 244 g/mol. The van der Waals surface area contributed by atoms with Crippen LogP contribution in [0.1, 0.15) is 5.56 Å². The normalized spacial score (nSPS) is 9.65. The number of benzene rings is 2. The molecule has 0 radical (unpaired) electrons. The lowest BCUT2D eigenvalue weighted by Crippen LogP contribution is -1.90. The molecule has 0 aromatic heterocycles. The summed E-state index contributed by atoms with van der Waals surface area (Å²) in [6.07, 6.45) is 0.280. The SMILES string of the molecule is N#CCc1cc(Cl)ccc1Oc1ccccc1. The number of rotatable bonds is 3. The summed E-state index contributed by atoms with van der Waals surface area (Å²) in [5.41, 5.74) is 0.795.